The van der Waals surface area contributed by atoms with E-state index in [1.807, 2.05) is 13.2 Å². The lowest BCUT2D eigenvalue weighted by molar-refractivity contribution is 0.113. The van der Waals surface area contributed by atoms with Gasteiger partial charge in [-0.15, -0.1) is 0 Å². The molecular formula is C12H23N5. The molecule has 2 N–H and O–H groups in total. The Morgan fingerprint density at radius 1 is 1.47 bits per heavy atom. The zero-order valence-electron chi connectivity index (χ0n) is 11.0. The number of nitrogens with one attached hydrogen (secondary N) is 2. The molecule has 1 atom stereocenters. The normalized spacial score (nSPS) is 23.1. The van der Waals surface area contributed by atoms with Crippen LogP contribution in [0.25, 0.3) is 0 Å². The fourth-order valence-electron chi connectivity index (χ4n) is 2.33. The molecule has 1 fully saturated rings. The van der Waals surface area contributed by atoms with Gasteiger partial charge in [0.1, 0.15) is 5.82 Å². The Hall–Kier alpha value is -0.910. The van der Waals surface area contributed by atoms with Gasteiger partial charge in [-0.2, -0.15) is 0 Å². The summed E-state index contributed by atoms with van der Waals surface area (Å²) in [5.74, 6) is 1.10. The van der Waals surface area contributed by atoms with E-state index < -0.39 is 0 Å². The van der Waals surface area contributed by atoms with Crippen LogP contribution in [0.4, 0.5) is 0 Å². The van der Waals surface area contributed by atoms with Gasteiger partial charge in [0.05, 0.1) is 0 Å². The van der Waals surface area contributed by atoms with Crippen LogP contribution in [-0.2, 0) is 13.0 Å². The molecule has 5 nitrogen and oxygen atoms in total. The van der Waals surface area contributed by atoms with Crippen LogP contribution in [0, 0.1) is 0 Å². The van der Waals surface area contributed by atoms with Gasteiger partial charge in [-0.1, -0.05) is 0 Å². The number of piperazine rings is 1. The zero-order chi connectivity index (χ0) is 12.3. The first-order valence-electron chi connectivity index (χ1n) is 6.25. The van der Waals surface area contributed by atoms with Gasteiger partial charge < -0.3 is 20.1 Å². The lowest BCUT2D eigenvalue weighted by Gasteiger charge is -2.37. The summed E-state index contributed by atoms with van der Waals surface area (Å²) >= 11 is 0. The number of nitrogens with zero attached hydrogens (tertiary/aromatic N) is 3. The van der Waals surface area contributed by atoms with Gasteiger partial charge in [0, 0.05) is 50.5 Å². The summed E-state index contributed by atoms with van der Waals surface area (Å²) in [5, 5.41) is 3.13. The third-order valence-corrected chi connectivity index (χ3v) is 3.46. The van der Waals surface area contributed by atoms with Crippen molar-refractivity contribution in [2.45, 2.75) is 19.0 Å². The van der Waals surface area contributed by atoms with Crippen molar-refractivity contribution in [2.75, 3.05) is 40.8 Å². The number of aromatic amines is 1. The summed E-state index contributed by atoms with van der Waals surface area (Å²) in [7, 11) is 6.34. The van der Waals surface area contributed by atoms with E-state index in [1.165, 1.54) is 0 Å². The molecule has 1 aromatic heterocycles. The first-order valence-corrected chi connectivity index (χ1v) is 6.25. The van der Waals surface area contributed by atoms with Crippen molar-refractivity contribution in [1.29, 1.82) is 0 Å². The maximum Gasteiger partial charge on any atom is 0.107 e. The molecule has 5 heteroatoms. The smallest absolute Gasteiger partial charge is 0.107 e. The number of hydrogen-bond donors (Lipinski definition) is 2. The molecule has 0 aliphatic carbocycles. The van der Waals surface area contributed by atoms with E-state index in [4.69, 9.17) is 0 Å². The Morgan fingerprint density at radius 3 is 3.06 bits per heavy atom. The molecule has 0 bridgehead atoms. The van der Waals surface area contributed by atoms with Gasteiger partial charge in [0.15, 0.2) is 0 Å². The highest BCUT2D eigenvalue weighted by molar-refractivity contribution is 5.03. The minimum atomic E-state index is 0.572. The minimum absolute atomic E-state index is 0.572. The van der Waals surface area contributed by atoms with Gasteiger partial charge in [-0.05, 0) is 21.1 Å². The van der Waals surface area contributed by atoms with E-state index in [-0.39, 0.29) is 0 Å². The Bertz CT molecular complexity index is 348. The summed E-state index contributed by atoms with van der Waals surface area (Å²) in [4.78, 5) is 12.6. The van der Waals surface area contributed by atoms with Crippen molar-refractivity contribution in [3.63, 3.8) is 0 Å². The third-order valence-electron chi connectivity index (χ3n) is 3.46. The highest BCUT2D eigenvalue weighted by atomic mass is 15.3. The second-order valence-corrected chi connectivity index (χ2v) is 4.99. The van der Waals surface area contributed by atoms with Gasteiger partial charge in [-0.25, -0.2) is 4.98 Å². The second-order valence-electron chi connectivity index (χ2n) is 4.99. The maximum absolute atomic E-state index is 4.45. The quantitative estimate of drug-likeness (QED) is 0.769. The molecule has 1 aliphatic rings. The molecule has 2 rings (SSSR count). The Labute approximate surface area is 103 Å². The summed E-state index contributed by atoms with van der Waals surface area (Å²) in [6.45, 7) is 4.29. The SMILES string of the molecule is CNCc1cnc(CC2CN(C)CCN2C)[nH]1. The standard InChI is InChI=1S/C12H23N5/c1-13-7-10-8-14-12(15-10)6-11-9-16(2)4-5-17(11)3/h8,11,13H,4-7,9H2,1-3H3,(H,14,15). The topological polar surface area (TPSA) is 47.2 Å². The average molecular weight is 237 g/mol. The molecular weight excluding hydrogens is 214 g/mol. The van der Waals surface area contributed by atoms with Crippen LogP contribution < -0.4 is 5.32 Å². The molecule has 0 saturated carbocycles. The van der Waals surface area contributed by atoms with E-state index >= 15 is 0 Å². The van der Waals surface area contributed by atoms with Crippen molar-refractivity contribution in [1.82, 2.24) is 25.1 Å². The lowest BCUT2D eigenvalue weighted by Crippen LogP contribution is -2.50. The molecule has 0 aromatic carbocycles. The van der Waals surface area contributed by atoms with E-state index in [2.05, 4.69) is 39.2 Å². The number of hydrogen-bond acceptors (Lipinski definition) is 4. The van der Waals surface area contributed by atoms with E-state index in [9.17, 15) is 0 Å². The summed E-state index contributed by atoms with van der Waals surface area (Å²) in [5.41, 5.74) is 1.16. The molecule has 96 valence electrons. The Kier molecular flexibility index (Phi) is 4.15. The molecule has 2 heterocycles. The van der Waals surface area contributed by atoms with E-state index in [0.29, 0.717) is 6.04 Å². The van der Waals surface area contributed by atoms with Crippen LogP contribution in [0.5, 0.6) is 0 Å². The van der Waals surface area contributed by atoms with E-state index in [0.717, 1.165) is 44.1 Å². The molecule has 1 aromatic rings. The second kappa shape index (κ2) is 5.62. The van der Waals surface area contributed by atoms with Crippen LogP contribution in [0.2, 0.25) is 0 Å². The molecule has 17 heavy (non-hydrogen) atoms. The summed E-state index contributed by atoms with van der Waals surface area (Å²) < 4.78 is 0. The van der Waals surface area contributed by atoms with Crippen molar-refractivity contribution in [2.24, 2.45) is 0 Å². The Morgan fingerprint density at radius 2 is 2.29 bits per heavy atom. The molecule has 0 radical (unpaired) electrons. The highest BCUT2D eigenvalue weighted by Crippen LogP contribution is 2.10. The molecule has 0 amide bonds. The predicted octanol–water partition coefficient (Wildman–Crippen LogP) is -0.0826. The van der Waals surface area contributed by atoms with Gasteiger partial charge in [0.2, 0.25) is 0 Å². The van der Waals surface area contributed by atoms with Crippen molar-refractivity contribution in [3.05, 3.63) is 17.7 Å². The predicted molar refractivity (Wildman–Crippen MR) is 69.0 cm³/mol. The average Bonchev–Trinajstić information content (AvgIpc) is 2.72. The third kappa shape index (κ3) is 3.28. The fourth-order valence-corrected chi connectivity index (χ4v) is 2.33. The molecule has 1 unspecified atom stereocenters. The minimum Gasteiger partial charge on any atom is -0.345 e. The zero-order valence-corrected chi connectivity index (χ0v) is 11.0. The summed E-state index contributed by atoms with van der Waals surface area (Å²) in [6, 6.07) is 0.572. The Balaban J connectivity index is 1.94. The number of rotatable bonds is 4. The van der Waals surface area contributed by atoms with Gasteiger partial charge in [-0.3, -0.25) is 0 Å². The largest absolute Gasteiger partial charge is 0.345 e. The molecule has 1 aliphatic heterocycles. The van der Waals surface area contributed by atoms with Crippen molar-refractivity contribution >= 4 is 0 Å². The highest BCUT2D eigenvalue weighted by Gasteiger charge is 2.23. The van der Waals surface area contributed by atoms with E-state index in [1.54, 1.807) is 0 Å². The first-order chi connectivity index (χ1) is 8.19. The number of H-pyrrole nitrogens is 1. The van der Waals surface area contributed by atoms with Crippen molar-refractivity contribution < 1.29 is 0 Å². The summed E-state index contributed by atoms with van der Waals surface area (Å²) in [6.07, 6.45) is 2.93. The fraction of sp³-hybridized carbons (Fsp3) is 0.750. The van der Waals surface area contributed by atoms with Gasteiger partial charge >= 0.3 is 0 Å². The number of likely N-dealkylation sites (N-methyl/N-ethyl adjacent to an activating group) is 2. The van der Waals surface area contributed by atoms with Crippen LogP contribution in [-0.4, -0.2) is 66.6 Å². The van der Waals surface area contributed by atoms with Crippen LogP contribution >= 0.6 is 0 Å². The van der Waals surface area contributed by atoms with Crippen LogP contribution in [0.15, 0.2) is 6.20 Å². The molecule has 1 saturated heterocycles. The maximum atomic E-state index is 4.45. The van der Waals surface area contributed by atoms with Crippen LogP contribution in [0.1, 0.15) is 11.5 Å². The van der Waals surface area contributed by atoms with Gasteiger partial charge in [0.25, 0.3) is 0 Å². The first kappa shape index (κ1) is 12.5. The lowest BCUT2D eigenvalue weighted by atomic mass is 10.1. The molecule has 0 spiro atoms. The number of imidazole rings is 1. The monoisotopic (exact) mass is 237 g/mol. The van der Waals surface area contributed by atoms with Crippen molar-refractivity contribution in [3.8, 4) is 0 Å². The number of aromatic nitrogens is 2. The van der Waals surface area contributed by atoms with Crippen LogP contribution in [0.3, 0.4) is 0 Å².